The molecule has 0 saturated heterocycles. The molecule has 0 aliphatic carbocycles. The predicted molar refractivity (Wildman–Crippen MR) is 79.5 cm³/mol. The smallest absolute Gasteiger partial charge is 0.134 e. The Morgan fingerprint density at radius 2 is 2.17 bits per heavy atom. The monoisotopic (exact) mass is 279 g/mol. The molecule has 0 spiro atoms. The average molecular weight is 279 g/mol. The van der Waals surface area contributed by atoms with Gasteiger partial charge in [-0.3, -0.25) is 0 Å². The van der Waals surface area contributed by atoms with Crippen molar-refractivity contribution >= 4 is 28.3 Å². The third-order valence-electron chi connectivity index (χ3n) is 2.60. The van der Waals surface area contributed by atoms with Gasteiger partial charge in [0.15, 0.2) is 0 Å². The highest BCUT2D eigenvalue weighted by molar-refractivity contribution is 7.98. The van der Waals surface area contributed by atoms with E-state index in [9.17, 15) is 0 Å². The summed E-state index contributed by atoms with van der Waals surface area (Å²) in [7, 11) is 0. The van der Waals surface area contributed by atoms with Gasteiger partial charge in [0, 0.05) is 28.7 Å². The van der Waals surface area contributed by atoms with E-state index in [0.29, 0.717) is 0 Å². The van der Waals surface area contributed by atoms with Crippen molar-refractivity contribution in [2.24, 2.45) is 0 Å². The van der Waals surface area contributed by atoms with Crippen LogP contribution in [0.3, 0.4) is 0 Å². The minimum atomic E-state index is 0.864. The van der Waals surface area contributed by atoms with Gasteiger partial charge in [-0.2, -0.15) is 0 Å². The van der Waals surface area contributed by atoms with Crippen LogP contribution >= 0.6 is 23.3 Å². The van der Waals surface area contributed by atoms with E-state index in [2.05, 4.69) is 53.9 Å². The van der Waals surface area contributed by atoms with E-state index in [4.69, 9.17) is 0 Å². The Kier molecular flexibility index (Phi) is 4.60. The molecule has 3 nitrogen and oxygen atoms in total. The minimum Gasteiger partial charge on any atom is -0.374 e. The maximum atomic E-state index is 4.19. The van der Waals surface area contributed by atoms with Gasteiger partial charge in [-0.15, -0.1) is 16.9 Å². The second kappa shape index (κ2) is 6.20. The molecule has 96 valence electrons. The minimum absolute atomic E-state index is 0.864. The maximum absolute atomic E-state index is 4.19. The third kappa shape index (κ3) is 3.23. The van der Waals surface area contributed by atoms with Crippen molar-refractivity contribution in [1.82, 2.24) is 9.59 Å². The molecule has 5 heteroatoms. The second-order valence-corrected chi connectivity index (χ2v) is 5.91. The molecule has 1 heterocycles. The summed E-state index contributed by atoms with van der Waals surface area (Å²) in [5.41, 5.74) is 3.66. The molecule has 0 unspecified atom stereocenters. The first-order valence-electron chi connectivity index (χ1n) is 5.96. The van der Waals surface area contributed by atoms with Crippen molar-refractivity contribution in [3.05, 3.63) is 35.0 Å². The molecule has 1 N–H and O–H groups in total. The van der Waals surface area contributed by atoms with Crippen molar-refractivity contribution in [3.8, 4) is 0 Å². The summed E-state index contributed by atoms with van der Waals surface area (Å²) in [5, 5.41) is 8.58. The van der Waals surface area contributed by atoms with Gasteiger partial charge in [-0.1, -0.05) is 22.2 Å². The number of hydrogen-bond donors (Lipinski definition) is 1. The molecule has 0 saturated carbocycles. The highest BCUT2D eigenvalue weighted by Gasteiger charge is 2.08. The fraction of sp³-hybridized carbons (Fsp3) is 0.385. The molecule has 18 heavy (non-hydrogen) atoms. The number of hydrogen-bond acceptors (Lipinski definition) is 5. The summed E-state index contributed by atoms with van der Waals surface area (Å²) in [6, 6.07) is 6.54. The van der Waals surface area contributed by atoms with Gasteiger partial charge >= 0.3 is 0 Å². The molecule has 0 aliphatic heterocycles. The topological polar surface area (TPSA) is 37.8 Å². The van der Waals surface area contributed by atoms with E-state index in [0.717, 1.165) is 23.0 Å². The molecular formula is C13H17N3S2. The van der Waals surface area contributed by atoms with Gasteiger partial charge in [0.05, 0.1) is 0 Å². The van der Waals surface area contributed by atoms with Crippen molar-refractivity contribution in [1.29, 1.82) is 0 Å². The number of anilines is 1. The highest BCUT2D eigenvalue weighted by atomic mass is 32.2. The van der Waals surface area contributed by atoms with Gasteiger partial charge in [0.1, 0.15) is 10.7 Å². The van der Waals surface area contributed by atoms with Crippen LogP contribution in [0.15, 0.2) is 23.1 Å². The van der Waals surface area contributed by atoms with Gasteiger partial charge < -0.3 is 5.32 Å². The van der Waals surface area contributed by atoms with Crippen LogP contribution in [0.2, 0.25) is 0 Å². The zero-order valence-corrected chi connectivity index (χ0v) is 12.5. The van der Waals surface area contributed by atoms with Gasteiger partial charge in [-0.25, -0.2) is 0 Å². The number of thioether (sulfide) groups is 1. The van der Waals surface area contributed by atoms with E-state index in [1.807, 2.05) is 11.8 Å². The molecule has 1 aromatic carbocycles. The van der Waals surface area contributed by atoms with Crippen molar-refractivity contribution < 1.29 is 0 Å². The Morgan fingerprint density at radius 3 is 2.94 bits per heavy atom. The van der Waals surface area contributed by atoms with Gasteiger partial charge in [0.2, 0.25) is 0 Å². The number of rotatable bonds is 5. The molecule has 2 rings (SSSR count). The van der Waals surface area contributed by atoms with E-state index >= 15 is 0 Å². The fourth-order valence-corrected chi connectivity index (χ4v) is 3.41. The van der Waals surface area contributed by atoms with Crippen LogP contribution in [0.1, 0.15) is 23.7 Å². The zero-order chi connectivity index (χ0) is 13.0. The molecule has 0 aliphatic rings. The van der Waals surface area contributed by atoms with Crippen LogP contribution in [0.5, 0.6) is 0 Å². The Hall–Kier alpha value is -1.07. The second-order valence-electron chi connectivity index (χ2n) is 4.14. The molecule has 2 aromatic rings. The van der Waals surface area contributed by atoms with Crippen LogP contribution in [-0.2, 0) is 5.75 Å². The number of aromatic nitrogens is 2. The average Bonchev–Trinajstić information content (AvgIpc) is 2.78. The van der Waals surface area contributed by atoms with Crippen LogP contribution in [-0.4, -0.2) is 16.1 Å². The molecular weight excluding hydrogens is 262 g/mol. The van der Waals surface area contributed by atoms with E-state index in [-0.39, 0.29) is 0 Å². The van der Waals surface area contributed by atoms with E-state index < -0.39 is 0 Å². The lowest BCUT2D eigenvalue weighted by molar-refractivity contribution is 1.07. The lowest BCUT2D eigenvalue weighted by Gasteiger charge is -2.06. The number of benzene rings is 1. The van der Waals surface area contributed by atoms with Gasteiger partial charge in [-0.05, 0) is 32.4 Å². The Morgan fingerprint density at radius 1 is 1.33 bits per heavy atom. The van der Waals surface area contributed by atoms with Crippen LogP contribution in [0.4, 0.5) is 5.00 Å². The highest BCUT2D eigenvalue weighted by Crippen LogP contribution is 2.29. The standard InChI is InChI=1S/C13H17N3S2/c1-4-14-13-11(15-16-18-13)8-17-12-7-9(2)5-6-10(12)3/h5-7,14H,4,8H2,1-3H3. The first-order chi connectivity index (χ1) is 8.70. The van der Waals surface area contributed by atoms with E-state index in [1.165, 1.54) is 27.6 Å². The van der Waals surface area contributed by atoms with Crippen molar-refractivity contribution in [2.45, 2.75) is 31.4 Å². The SMILES string of the molecule is CCNc1snnc1CSc1cc(C)ccc1C. The van der Waals surface area contributed by atoms with Gasteiger partial charge in [0.25, 0.3) is 0 Å². The summed E-state index contributed by atoms with van der Waals surface area (Å²) in [5.74, 6) is 0.864. The molecule has 0 bridgehead atoms. The fourth-order valence-electron chi connectivity index (χ4n) is 1.61. The first-order valence-corrected chi connectivity index (χ1v) is 7.71. The molecule has 0 fully saturated rings. The quantitative estimate of drug-likeness (QED) is 0.843. The lowest BCUT2D eigenvalue weighted by Crippen LogP contribution is -1.97. The Labute approximate surface area is 116 Å². The normalized spacial score (nSPS) is 10.6. The maximum Gasteiger partial charge on any atom is 0.134 e. The molecule has 0 amide bonds. The summed E-state index contributed by atoms with van der Waals surface area (Å²) in [6.07, 6.45) is 0. The largest absolute Gasteiger partial charge is 0.374 e. The lowest BCUT2D eigenvalue weighted by atomic mass is 10.2. The first kappa shape index (κ1) is 13.4. The Bertz CT molecular complexity index is 523. The van der Waals surface area contributed by atoms with E-state index in [1.54, 1.807) is 0 Å². The van der Waals surface area contributed by atoms with Crippen molar-refractivity contribution in [2.75, 3.05) is 11.9 Å². The van der Waals surface area contributed by atoms with Crippen LogP contribution in [0.25, 0.3) is 0 Å². The zero-order valence-electron chi connectivity index (χ0n) is 10.9. The summed E-state index contributed by atoms with van der Waals surface area (Å²) < 4.78 is 4.01. The molecule has 1 aromatic heterocycles. The molecule has 0 atom stereocenters. The summed E-state index contributed by atoms with van der Waals surface area (Å²) in [6.45, 7) is 7.26. The van der Waals surface area contributed by atoms with Crippen LogP contribution < -0.4 is 5.32 Å². The number of nitrogens with zero attached hydrogens (tertiary/aromatic N) is 2. The van der Waals surface area contributed by atoms with Crippen molar-refractivity contribution in [3.63, 3.8) is 0 Å². The number of nitrogens with one attached hydrogen (secondary N) is 1. The third-order valence-corrected chi connectivity index (χ3v) is 4.50. The number of aryl methyl sites for hydroxylation is 2. The summed E-state index contributed by atoms with van der Waals surface area (Å²) in [4.78, 5) is 1.32. The predicted octanol–water partition coefficient (Wildman–Crippen LogP) is 3.88. The Balaban J connectivity index is 2.06. The van der Waals surface area contributed by atoms with Crippen LogP contribution in [0, 0.1) is 13.8 Å². The molecule has 0 radical (unpaired) electrons. The summed E-state index contributed by atoms with van der Waals surface area (Å²) >= 11 is 3.25.